The summed E-state index contributed by atoms with van der Waals surface area (Å²) >= 11 is 0. The molecular formula is C14H21NO6. The van der Waals surface area contributed by atoms with Crippen molar-refractivity contribution in [2.75, 3.05) is 33.0 Å². The van der Waals surface area contributed by atoms with Crippen molar-refractivity contribution in [2.45, 2.75) is 26.2 Å². The summed E-state index contributed by atoms with van der Waals surface area (Å²) < 4.78 is 10.1. The number of Topliss-reactive ketones (excluding diaryl/α,β-unsaturated/α-hetero) is 1. The van der Waals surface area contributed by atoms with Gasteiger partial charge in [0.2, 0.25) is 5.78 Å². The first-order chi connectivity index (χ1) is 10.1. The molecule has 2 N–H and O–H groups in total. The molecule has 7 heteroatoms. The lowest BCUT2D eigenvalue weighted by Gasteiger charge is -2.02. The molecule has 1 amide bonds. The molecule has 0 saturated heterocycles. The SMILES string of the molecule is CCOCCCC(=O)C#CC(=O)NCCOCCC(=O)O. The van der Waals surface area contributed by atoms with Gasteiger partial charge >= 0.3 is 5.97 Å². The first-order valence-corrected chi connectivity index (χ1v) is 6.76. The van der Waals surface area contributed by atoms with E-state index in [1.807, 2.05) is 6.92 Å². The maximum Gasteiger partial charge on any atom is 0.305 e. The zero-order valence-electron chi connectivity index (χ0n) is 12.1. The Morgan fingerprint density at radius 2 is 1.81 bits per heavy atom. The highest BCUT2D eigenvalue weighted by Crippen LogP contribution is 1.91. The number of ether oxygens (including phenoxy) is 2. The summed E-state index contributed by atoms with van der Waals surface area (Å²) in [5.74, 6) is 2.64. The maximum atomic E-state index is 11.3. The van der Waals surface area contributed by atoms with Gasteiger partial charge in [0.05, 0.1) is 19.6 Å². The monoisotopic (exact) mass is 299 g/mol. The fraction of sp³-hybridized carbons (Fsp3) is 0.643. The van der Waals surface area contributed by atoms with Crippen molar-refractivity contribution in [2.24, 2.45) is 0 Å². The second-order valence-corrected chi connectivity index (χ2v) is 3.99. The molecule has 0 unspecified atom stereocenters. The minimum Gasteiger partial charge on any atom is -0.481 e. The number of nitrogens with one attached hydrogen (secondary N) is 1. The van der Waals surface area contributed by atoms with Crippen molar-refractivity contribution in [3.05, 3.63) is 0 Å². The molecule has 0 aromatic heterocycles. The standard InChI is InChI=1S/C14H21NO6/c1-2-20-9-3-4-12(16)5-6-13(17)15-8-11-21-10-7-14(18)19/h2-4,7-11H2,1H3,(H,15,17)(H,18,19). The van der Waals surface area contributed by atoms with Crippen LogP contribution in [-0.2, 0) is 23.9 Å². The number of amides is 1. The second kappa shape index (κ2) is 13.1. The van der Waals surface area contributed by atoms with Gasteiger partial charge < -0.3 is 19.9 Å². The van der Waals surface area contributed by atoms with E-state index in [4.69, 9.17) is 14.6 Å². The Bertz CT molecular complexity index is 396. The van der Waals surface area contributed by atoms with E-state index in [1.165, 1.54) is 0 Å². The van der Waals surface area contributed by atoms with Gasteiger partial charge in [0.15, 0.2) is 0 Å². The highest BCUT2D eigenvalue weighted by molar-refractivity contribution is 6.03. The molecule has 0 aliphatic carbocycles. The molecule has 0 radical (unpaired) electrons. The van der Waals surface area contributed by atoms with Crippen LogP contribution in [0.1, 0.15) is 26.2 Å². The third kappa shape index (κ3) is 14.3. The van der Waals surface area contributed by atoms with E-state index in [0.29, 0.717) is 19.6 Å². The number of carbonyl (C=O) groups excluding carboxylic acids is 2. The minimum atomic E-state index is -0.937. The number of carboxylic acid groups (broad SMARTS) is 1. The number of hydrogen-bond acceptors (Lipinski definition) is 5. The fourth-order valence-electron chi connectivity index (χ4n) is 1.21. The normalized spacial score (nSPS) is 9.57. The Kier molecular flexibility index (Phi) is 11.9. The maximum absolute atomic E-state index is 11.3. The highest BCUT2D eigenvalue weighted by atomic mass is 16.5. The molecular weight excluding hydrogens is 278 g/mol. The molecule has 0 saturated carbocycles. The van der Waals surface area contributed by atoms with E-state index in [0.717, 1.165) is 0 Å². The van der Waals surface area contributed by atoms with E-state index < -0.39 is 11.9 Å². The van der Waals surface area contributed by atoms with Crippen LogP contribution in [0.3, 0.4) is 0 Å². The molecule has 0 aromatic rings. The average Bonchev–Trinajstić information content (AvgIpc) is 2.44. The minimum absolute atomic E-state index is 0.0794. The molecule has 0 fully saturated rings. The Balaban J connectivity index is 3.62. The topological polar surface area (TPSA) is 102 Å². The molecule has 21 heavy (non-hydrogen) atoms. The molecule has 0 aromatic carbocycles. The summed E-state index contributed by atoms with van der Waals surface area (Å²) in [7, 11) is 0. The third-order valence-electron chi connectivity index (χ3n) is 2.20. The number of ketones is 1. The molecule has 0 atom stereocenters. The summed E-state index contributed by atoms with van der Waals surface area (Å²) in [4.78, 5) is 32.7. The lowest BCUT2D eigenvalue weighted by Crippen LogP contribution is -2.26. The van der Waals surface area contributed by atoms with Crippen LogP contribution in [-0.4, -0.2) is 55.7 Å². The molecule has 0 bridgehead atoms. The Labute approximate surface area is 124 Å². The molecule has 7 nitrogen and oxygen atoms in total. The van der Waals surface area contributed by atoms with Crippen molar-refractivity contribution in [1.82, 2.24) is 5.32 Å². The van der Waals surface area contributed by atoms with Crippen LogP contribution in [0.4, 0.5) is 0 Å². The van der Waals surface area contributed by atoms with Gasteiger partial charge in [0.1, 0.15) is 0 Å². The smallest absolute Gasteiger partial charge is 0.305 e. The van der Waals surface area contributed by atoms with E-state index in [-0.39, 0.29) is 38.4 Å². The van der Waals surface area contributed by atoms with E-state index in [1.54, 1.807) is 0 Å². The quantitative estimate of drug-likeness (QED) is 0.316. The van der Waals surface area contributed by atoms with Crippen molar-refractivity contribution in [1.29, 1.82) is 0 Å². The fourth-order valence-corrected chi connectivity index (χ4v) is 1.21. The molecule has 0 rings (SSSR count). The van der Waals surface area contributed by atoms with Gasteiger partial charge in [-0.25, -0.2) is 0 Å². The molecule has 0 aliphatic rings. The Hall–Kier alpha value is -1.91. The van der Waals surface area contributed by atoms with Crippen LogP contribution >= 0.6 is 0 Å². The predicted molar refractivity (Wildman–Crippen MR) is 74.6 cm³/mol. The van der Waals surface area contributed by atoms with Crippen LogP contribution in [0.5, 0.6) is 0 Å². The van der Waals surface area contributed by atoms with E-state index >= 15 is 0 Å². The molecule has 0 heterocycles. The zero-order valence-corrected chi connectivity index (χ0v) is 12.1. The van der Waals surface area contributed by atoms with Crippen LogP contribution in [0, 0.1) is 11.8 Å². The lowest BCUT2D eigenvalue weighted by atomic mass is 10.2. The molecule has 118 valence electrons. The predicted octanol–water partition coefficient (Wildman–Crippen LogP) is -0.0169. The second-order valence-electron chi connectivity index (χ2n) is 3.99. The lowest BCUT2D eigenvalue weighted by molar-refractivity contribution is -0.138. The summed E-state index contributed by atoms with van der Waals surface area (Å²) in [6, 6.07) is 0. The van der Waals surface area contributed by atoms with Crippen molar-refractivity contribution < 1.29 is 29.0 Å². The van der Waals surface area contributed by atoms with Crippen LogP contribution in [0.25, 0.3) is 0 Å². The van der Waals surface area contributed by atoms with Gasteiger partial charge in [-0.1, -0.05) is 0 Å². The van der Waals surface area contributed by atoms with Crippen LogP contribution in [0.15, 0.2) is 0 Å². The summed E-state index contributed by atoms with van der Waals surface area (Å²) in [6.45, 7) is 3.49. The number of hydrogen-bond donors (Lipinski definition) is 2. The third-order valence-corrected chi connectivity index (χ3v) is 2.20. The largest absolute Gasteiger partial charge is 0.481 e. The van der Waals surface area contributed by atoms with Gasteiger partial charge in [-0.05, 0) is 19.3 Å². The number of aliphatic carboxylic acids is 1. The Morgan fingerprint density at radius 3 is 2.48 bits per heavy atom. The Morgan fingerprint density at radius 1 is 1.05 bits per heavy atom. The summed E-state index contributed by atoms with van der Waals surface area (Å²) in [6.07, 6.45) is 0.767. The number of rotatable bonds is 11. The van der Waals surface area contributed by atoms with Crippen molar-refractivity contribution >= 4 is 17.7 Å². The van der Waals surface area contributed by atoms with E-state index in [9.17, 15) is 14.4 Å². The first-order valence-electron chi connectivity index (χ1n) is 6.76. The average molecular weight is 299 g/mol. The van der Waals surface area contributed by atoms with Gasteiger partial charge in [-0.15, -0.1) is 0 Å². The first kappa shape index (κ1) is 19.1. The summed E-state index contributed by atoms with van der Waals surface area (Å²) in [5.41, 5.74) is 0. The number of carbonyl (C=O) groups is 3. The van der Waals surface area contributed by atoms with E-state index in [2.05, 4.69) is 17.2 Å². The van der Waals surface area contributed by atoms with Gasteiger partial charge in [-0.3, -0.25) is 14.4 Å². The number of carboxylic acids is 1. The van der Waals surface area contributed by atoms with Crippen molar-refractivity contribution in [3.8, 4) is 11.8 Å². The summed E-state index contributed by atoms with van der Waals surface area (Å²) in [5, 5.41) is 10.8. The van der Waals surface area contributed by atoms with Gasteiger partial charge in [0.25, 0.3) is 5.91 Å². The van der Waals surface area contributed by atoms with Crippen molar-refractivity contribution in [3.63, 3.8) is 0 Å². The zero-order chi connectivity index (χ0) is 15.9. The molecule has 0 spiro atoms. The highest BCUT2D eigenvalue weighted by Gasteiger charge is 2.00. The van der Waals surface area contributed by atoms with Crippen LogP contribution < -0.4 is 5.32 Å². The van der Waals surface area contributed by atoms with Crippen LogP contribution in [0.2, 0.25) is 0 Å². The molecule has 0 aliphatic heterocycles. The van der Waals surface area contributed by atoms with Gasteiger partial charge in [-0.2, -0.15) is 0 Å². The van der Waals surface area contributed by atoms with Gasteiger partial charge in [0, 0.05) is 32.1 Å².